The number of aromatic nitrogens is 1. The molecule has 3 aliphatic heterocycles. The topological polar surface area (TPSA) is 74.8 Å². The van der Waals surface area contributed by atoms with Crippen molar-refractivity contribution in [3.8, 4) is 11.3 Å². The number of benzene rings is 2. The fourth-order valence-corrected chi connectivity index (χ4v) is 6.66. The molecule has 1 unspecified atom stereocenters. The highest BCUT2D eigenvalue weighted by molar-refractivity contribution is 6.02. The molecule has 2 atom stereocenters. The molecule has 1 spiro atoms. The molecular weight excluding hydrogens is 452 g/mol. The molecule has 1 aliphatic carbocycles. The van der Waals surface area contributed by atoms with Gasteiger partial charge in [-0.2, -0.15) is 0 Å². The van der Waals surface area contributed by atoms with Crippen molar-refractivity contribution in [3.63, 3.8) is 0 Å². The molecule has 7 heteroatoms. The maximum atomic E-state index is 13.9. The van der Waals surface area contributed by atoms with Crippen molar-refractivity contribution in [2.75, 3.05) is 32.8 Å². The summed E-state index contributed by atoms with van der Waals surface area (Å²) in [6, 6.07) is 17.9. The van der Waals surface area contributed by atoms with Crippen molar-refractivity contribution < 1.29 is 14.3 Å². The first-order chi connectivity index (χ1) is 17.6. The first kappa shape index (κ1) is 21.9. The highest BCUT2D eigenvalue weighted by Gasteiger charge is 2.61. The smallest absolute Gasteiger partial charge is 0.257 e. The van der Waals surface area contributed by atoms with Crippen LogP contribution in [-0.4, -0.2) is 76.6 Å². The second-order valence-corrected chi connectivity index (χ2v) is 10.8. The van der Waals surface area contributed by atoms with E-state index in [0.29, 0.717) is 37.4 Å². The molecule has 3 saturated heterocycles. The standard InChI is InChI=1S/C29H30N4O3/c34-26(24-7-3-12-31-25(24)22-9-8-20-5-1-2-6-21(20)15-22)32-19-29(16-23(32)17-36-29)27(35)33-14-13-30-18-28(33)10-4-11-28/h1-3,5-9,12,15,23,30H,4,10-11,13-14,16-19H2/t23?,29-/m1/s1. The van der Waals surface area contributed by atoms with Gasteiger partial charge in [0.1, 0.15) is 0 Å². The second kappa shape index (κ2) is 8.11. The van der Waals surface area contributed by atoms with Crippen molar-refractivity contribution in [1.29, 1.82) is 0 Å². The van der Waals surface area contributed by atoms with Crippen molar-refractivity contribution in [2.24, 2.45) is 0 Å². The number of piperazine rings is 1. The van der Waals surface area contributed by atoms with Gasteiger partial charge in [0.2, 0.25) is 0 Å². The van der Waals surface area contributed by atoms with Gasteiger partial charge in [-0.3, -0.25) is 14.6 Å². The van der Waals surface area contributed by atoms with Crippen LogP contribution < -0.4 is 5.32 Å². The van der Waals surface area contributed by atoms with Gasteiger partial charge >= 0.3 is 0 Å². The van der Waals surface area contributed by atoms with Crippen molar-refractivity contribution in [3.05, 3.63) is 66.4 Å². The van der Waals surface area contributed by atoms with Crippen LogP contribution in [0, 0.1) is 0 Å². The van der Waals surface area contributed by atoms with E-state index in [1.807, 2.05) is 35.2 Å². The van der Waals surface area contributed by atoms with Gasteiger partial charge in [0.25, 0.3) is 11.8 Å². The summed E-state index contributed by atoms with van der Waals surface area (Å²) in [7, 11) is 0. The van der Waals surface area contributed by atoms with Crippen molar-refractivity contribution in [2.45, 2.75) is 42.9 Å². The Balaban J connectivity index is 1.18. The van der Waals surface area contributed by atoms with E-state index in [2.05, 4.69) is 39.5 Å². The molecule has 2 amide bonds. The number of nitrogens with zero attached hydrogens (tertiary/aromatic N) is 3. The lowest BCUT2D eigenvalue weighted by atomic mass is 9.73. The predicted molar refractivity (Wildman–Crippen MR) is 136 cm³/mol. The predicted octanol–water partition coefficient (Wildman–Crippen LogP) is 3.24. The Bertz CT molecular complexity index is 1370. The SMILES string of the molecule is O=C(c1cccnc1-c1ccc2ccccc2c1)N1C[C@@]2(C(=O)N3CCNCC34CCC4)CC1CO2. The van der Waals surface area contributed by atoms with Gasteiger partial charge in [0.15, 0.2) is 5.60 Å². The normalized spacial score (nSPS) is 26.4. The molecule has 7 rings (SSSR count). The summed E-state index contributed by atoms with van der Waals surface area (Å²) in [6.45, 7) is 3.08. The quantitative estimate of drug-likeness (QED) is 0.621. The second-order valence-electron chi connectivity index (χ2n) is 10.8. The number of likely N-dealkylation sites (tertiary alicyclic amines) is 1. The maximum absolute atomic E-state index is 13.9. The van der Waals surface area contributed by atoms with E-state index < -0.39 is 5.60 Å². The zero-order chi connectivity index (χ0) is 24.3. The summed E-state index contributed by atoms with van der Waals surface area (Å²) in [5.74, 6) is -0.00431. The van der Waals surface area contributed by atoms with E-state index >= 15 is 0 Å². The molecule has 0 radical (unpaired) electrons. The molecule has 36 heavy (non-hydrogen) atoms. The monoisotopic (exact) mass is 482 g/mol. The Morgan fingerprint density at radius 3 is 2.75 bits per heavy atom. The summed E-state index contributed by atoms with van der Waals surface area (Å²) in [6.07, 6.45) is 5.54. The van der Waals surface area contributed by atoms with E-state index in [4.69, 9.17) is 4.74 Å². The molecular formula is C29H30N4O3. The number of carbonyl (C=O) groups is 2. The molecule has 1 N–H and O–H groups in total. The van der Waals surface area contributed by atoms with E-state index in [9.17, 15) is 9.59 Å². The fraction of sp³-hybridized carbons (Fsp3) is 0.414. The Morgan fingerprint density at radius 2 is 1.92 bits per heavy atom. The highest BCUT2D eigenvalue weighted by Crippen LogP contribution is 2.45. The summed E-state index contributed by atoms with van der Waals surface area (Å²) < 4.78 is 6.17. The Morgan fingerprint density at radius 1 is 1.06 bits per heavy atom. The van der Waals surface area contributed by atoms with Crippen LogP contribution in [0.3, 0.4) is 0 Å². The average molecular weight is 483 g/mol. The number of fused-ring (bicyclic) bond motifs is 3. The lowest BCUT2D eigenvalue weighted by molar-refractivity contribution is -0.167. The fourth-order valence-electron chi connectivity index (χ4n) is 6.66. The van der Waals surface area contributed by atoms with Crippen molar-refractivity contribution in [1.82, 2.24) is 20.1 Å². The van der Waals surface area contributed by atoms with Crippen LogP contribution in [0.15, 0.2) is 60.8 Å². The zero-order valence-electron chi connectivity index (χ0n) is 20.3. The highest BCUT2D eigenvalue weighted by atomic mass is 16.5. The number of ether oxygens (including phenoxy) is 1. The van der Waals surface area contributed by atoms with Crippen LogP contribution in [0.5, 0.6) is 0 Å². The number of hydrogen-bond donors (Lipinski definition) is 1. The zero-order valence-corrected chi connectivity index (χ0v) is 20.3. The number of morpholine rings is 1. The molecule has 4 heterocycles. The van der Waals surface area contributed by atoms with Crippen molar-refractivity contribution >= 4 is 22.6 Å². The van der Waals surface area contributed by atoms with Crippen LogP contribution in [-0.2, 0) is 9.53 Å². The summed E-state index contributed by atoms with van der Waals surface area (Å²) in [4.78, 5) is 36.4. The summed E-state index contributed by atoms with van der Waals surface area (Å²) in [5, 5.41) is 5.73. The third-order valence-corrected chi connectivity index (χ3v) is 8.76. The third kappa shape index (κ3) is 3.22. The minimum Gasteiger partial charge on any atom is -0.361 e. The van der Waals surface area contributed by atoms with E-state index in [1.54, 1.807) is 6.20 Å². The molecule has 2 bridgehead atoms. The first-order valence-corrected chi connectivity index (χ1v) is 13.0. The van der Waals surface area contributed by atoms with E-state index in [0.717, 1.165) is 48.7 Å². The molecule has 3 aromatic rings. The Labute approximate surface area is 210 Å². The molecule has 4 fully saturated rings. The van der Waals surface area contributed by atoms with Crippen LogP contribution in [0.2, 0.25) is 0 Å². The lowest BCUT2D eigenvalue weighted by Gasteiger charge is -2.54. The number of pyridine rings is 1. The van der Waals surface area contributed by atoms with Gasteiger partial charge in [0, 0.05) is 37.8 Å². The molecule has 184 valence electrons. The van der Waals surface area contributed by atoms with Gasteiger partial charge in [0.05, 0.1) is 36.0 Å². The Hall–Kier alpha value is -3.29. The van der Waals surface area contributed by atoms with Crippen LogP contribution in [0.1, 0.15) is 36.0 Å². The average Bonchev–Trinajstić information content (AvgIpc) is 3.52. The number of nitrogens with one attached hydrogen (secondary N) is 1. The van der Waals surface area contributed by atoms with Crippen LogP contribution in [0.25, 0.3) is 22.0 Å². The molecule has 2 aromatic carbocycles. The largest absolute Gasteiger partial charge is 0.361 e. The summed E-state index contributed by atoms with van der Waals surface area (Å²) in [5.41, 5.74) is 1.16. The number of rotatable bonds is 3. The third-order valence-electron chi connectivity index (χ3n) is 8.76. The van der Waals surface area contributed by atoms with Crippen LogP contribution in [0.4, 0.5) is 0 Å². The molecule has 1 saturated carbocycles. The van der Waals surface area contributed by atoms with Gasteiger partial charge in [-0.15, -0.1) is 0 Å². The lowest BCUT2D eigenvalue weighted by Crippen LogP contribution is -2.70. The van der Waals surface area contributed by atoms with Crippen LogP contribution >= 0.6 is 0 Å². The molecule has 7 nitrogen and oxygen atoms in total. The van der Waals surface area contributed by atoms with Gasteiger partial charge in [-0.1, -0.05) is 36.4 Å². The Kier molecular flexibility index (Phi) is 4.95. The van der Waals surface area contributed by atoms with E-state index in [1.165, 1.54) is 0 Å². The van der Waals surface area contributed by atoms with E-state index in [-0.39, 0.29) is 23.4 Å². The maximum Gasteiger partial charge on any atom is 0.257 e. The number of amides is 2. The van der Waals surface area contributed by atoms with Gasteiger partial charge < -0.3 is 19.9 Å². The molecule has 4 aliphatic rings. The first-order valence-electron chi connectivity index (χ1n) is 13.0. The van der Waals surface area contributed by atoms with Gasteiger partial charge in [-0.05, 0) is 48.2 Å². The molecule has 1 aromatic heterocycles. The summed E-state index contributed by atoms with van der Waals surface area (Å²) >= 11 is 0. The number of hydrogen-bond acceptors (Lipinski definition) is 5. The number of carbonyl (C=O) groups excluding carboxylic acids is 2. The minimum atomic E-state index is -0.925. The minimum absolute atomic E-state index is 0.0717. The van der Waals surface area contributed by atoms with Gasteiger partial charge in [-0.25, -0.2) is 0 Å².